The molecule has 1 aromatic rings. The molecule has 0 saturated heterocycles. The Kier molecular flexibility index (Phi) is 4.25. The number of nitrogens with two attached hydrogens (primary N) is 1. The summed E-state index contributed by atoms with van der Waals surface area (Å²) in [5.41, 5.74) is 7.93. The molecule has 0 aliphatic rings. The zero-order valence-corrected chi connectivity index (χ0v) is 11.8. The van der Waals surface area contributed by atoms with E-state index in [0.29, 0.717) is 0 Å². The molecule has 0 aromatic heterocycles. The fourth-order valence-electron chi connectivity index (χ4n) is 1.70. The van der Waals surface area contributed by atoms with Crippen LogP contribution in [0.5, 0.6) is 0 Å². The molecule has 0 amide bonds. The van der Waals surface area contributed by atoms with Gasteiger partial charge in [-0.1, -0.05) is 13.3 Å². The molecule has 1 rings (SSSR count). The topological polar surface area (TPSA) is 38.0 Å². The third-order valence-electron chi connectivity index (χ3n) is 2.36. The highest BCUT2D eigenvalue weighted by atomic mass is 127. The van der Waals surface area contributed by atoms with Gasteiger partial charge in [0.1, 0.15) is 0 Å². The second kappa shape index (κ2) is 5.05. The van der Waals surface area contributed by atoms with Gasteiger partial charge in [-0.3, -0.25) is 0 Å². The standard InChI is InChI=1S/C12H19IN2/c1-4-7-12(2,3)15-11-6-5-9(13)8-10(11)14/h5-6,8,15H,4,7,14H2,1-3H3. The van der Waals surface area contributed by atoms with Crippen molar-refractivity contribution in [1.82, 2.24) is 0 Å². The second-order valence-electron chi connectivity index (χ2n) is 4.49. The van der Waals surface area contributed by atoms with Gasteiger partial charge in [-0.25, -0.2) is 0 Å². The van der Waals surface area contributed by atoms with Crippen LogP contribution >= 0.6 is 22.6 Å². The van der Waals surface area contributed by atoms with Gasteiger partial charge in [0.05, 0.1) is 11.4 Å². The van der Waals surface area contributed by atoms with E-state index in [1.54, 1.807) is 0 Å². The number of nitrogens with one attached hydrogen (secondary N) is 1. The summed E-state index contributed by atoms with van der Waals surface area (Å²) in [7, 11) is 0. The molecule has 84 valence electrons. The molecule has 0 saturated carbocycles. The van der Waals surface area contributed by atoms with Gasteiger partial charge in [-0.15, -0.1) is 0 Å². The lowest BCUT2D eigenvalue weighted by molar-refractivity contribution is 0.511. The molecule has 1 aromatic carbocycles. The van der Waals surface area contributed by atoms with Gasteiger partial charge < -0.3 is 11.1 Å². The zero-order chi connectivity index (χ0) is 11.5. The monoisotopic (exact) mass is 318 g/mol. The third-order valence-corrected chi connectivity index (χ3v) is 3.03. The van der Waals surface area contributed by atoms with E-state index in [4.69, 9.17) is 5.73 Å². The first-order valence-electron chi connectivity index (χ1n) is 5.28. The quantitative estimate of drug-likeness (QED) is 0.653. The Morgan fingerprint density at radius 3 is 2.60 bits per heavy atom. The van der Waals surface area contributed by atoms with Crippen LogP contribution in [0.2, 0.25) is 0 Å². The van der Waals surface area contributed by atoms with E-state index in [1.165, 1.54) is 9.99 Å². The van der Waals surface area contributed by atoms with Crippen molar-refractivity contribution in [2.24, 2.45) is 0 Å². The minimum Gasteiger partial charge on any atom is -0.397 e. The molecule has 2 nitrogen and oxygen atoms in total. The lowest BCUT2D eigenvalue weighted by atomic mass is 9.98. The Morgan fingerprint density at radius 2 is 2.07 bits per heavy atom. The van der Waals surface area contributed by atoms with Gasteiger partial charge in [-0.05, 0) is 61.1 Å². The van der Waals surface area contributed by atoms with Crippen molar-refractivity contribution in [3.05, 3.63) is 21.8 Å². The largest absolute Gasteiger partial charge is 0.397 e. The predicted molar refractivity (Wildman–Crippen MR) is 76.2 cm³/mol. The minimum absolute atomic E-state index is 0.107. The van der Waals surface area contributed by atoms with E-state index in [1.807, 2.05) is 6.07 Å². The average Bonchev–Trinajstić information content (AvgIpc) is 2.09. The molecule has 0 unspecified atom stereocenters. The SMILES string of the molecule is CCCC(C)(C)Nc1ccc(I)cc1N. The summed E-state index contributed by atoms with van der Waals surface area (Å²) in [5.74, 6) is 0. The first-order valence-corrected chi connectivity index (χ1v) is 6.36. The van der Waals surface area contributed by atoms with Crippen LogP contribution in [0.15, 0.2) is 18.2 Å². The van der Waals surface area contributed by atoms with Crippen molar-refractivity contribution in [3.8, 4) is 0 Å². The molecule has 0 atom stereocenters. The minimum atomic E-state index is 0.107. The molecule has 0 heterocycles. The van der Waals surface area contributed by atoms with E-state index in [9.17, 15) is 0 Å². The highest BCUT2D eigenvalue weighted by Gasteiger charge is 2.16. The van der Waals surface area contributed by atoms with E-state index in [0.717, 1.165) is 17.8 Å². The van der Waals surface area contributed by atoms with Crippen LogP contribution in [-0.4, -0.2) is 5.54 Å². The molecule has 0 fully saturated rings. The average molecular weight is 318 g/mol. The van der Waals surface area contributed by atoms with Crippen LogP contribution in [0.4, 0.5) is 11.4 Å². The van der Waals surface area contributed by atoms with Gasteiger partial charge in [-0.2, -0.15) is 0 Å². The number of benzene rings is 1. The Labute approximate surface area is 106 Å². The highest BCUT2D eigenvalue weighted by molar-refractivity contribution is 14.1. The van der Waals surface area contributed by atoms with Crippen molar-refractivity contribution in [1.29, 1.82) is 0 Å². The number of anilines is 2. The molecule has 15 heavy (non-hydrogen) atoms. The first kappa shape index (κ1) is 12.6. The summed E-state index contributed by atoms with van der Waals surface area (Å²) < 4.78 is 1.17. The zero-order valence-electron chi connectivity index (χ0n) is 9.60. The first-order chi connectivity index (χ1) is 6.94. The molecule has 0 aliphatic carbocycles. The van der Waals surface area contributed by atoms with Crippen molar-refractivity contribution in [3.63, 3.8) is 0 Å². The molecule has 3 heteroatoms. The van der Waals surface area contributed by atoms with Gasteiger partial charge in [0.2, 0.25) is 0 Å². The normalized spacial score (nSPS) is 11.5. The van der Waals surface area contributed by atoms with Gasteiger partial charge >= 0.3 is 0 Å². The molecule has 0 bridgehead atoms. The van der Waals surface area contributed by atoms with E-state index >= 15 is 0 Å². The maximum Gasteiger partial charge on any atom is 0.0578 e. The number of hydrogen-bond acceptors (Lipinski definition) is 2. The summed E-state index contributed by atoms with van der Waals surface area (Å²) in [6, 6.07) is 6.11. The molecule has 0 aliphatic heterocycles. The van der Waals surface area contributed by atoms with Crippen LogP contribution in [0.25, 0.3) is 0 Å². The lowest BCUT2D eigenvalue weighted by Gasteiger charge is -2.28. The Hall–Kier alpha value is -0.450. The van der Waals surface area contributed by atoms with Crippen molar-refractivity contribution >= 4 is 34.0 Å². The fraction of sp³-hybridized carbons (Fsp3) is 0.500. The maximum absolute atomic E-state index is 5.96. The van der Waals surface area contributed by atoms with Crippen molar-refractivity contribution < 1.29 is 0 Å². The molecular weight excluding hydrogens is 299 g/mol. The number of nitrogen functional groups attached to an aromatic ring is 1. The number of halogens is 1. The molecule has 0 radical (unpaired) electrons. The van der Waals surface area contributed by atoms with Crippen LogP contribution in [0.3, 0.4) is 0 Å². The third kappa shape index (κ3) is 3.89. The molecular formula is C12H19IN2. The van der Waals surface area contributed by atoms with E-state index in [-0.39, 0.29) is 5.54 Å². The van der Waals surface area contributed by atoms with Gasteiger partial charge in [0.15, 0.2) is 0 Å². The summed E-state index contributed by atoms with van der Waals surface area (Å²) in [5, 5.41) is 3.49. The van der Waals surface area contributed by atoms with Crippen LogP contribution in [0.1, 0.15) is 33.6 Å². The number of rotatable bonds is 4. The molecule has 3 N–H and O–H groups in total. The van der Waals surface area contributed by atoms with Crippen LogP contribution in [-0.2, 0) is 0 Å². The predicted octanol–water partition coefficient (Wildman–Crippen LogP) is 3.86. The van der Waals surface area contributed by atoms with Crippen LogP contribution < -0.4 is 11.1 Å². The Bertz CT molecular complexity index is 334. The number of hydrogen-bond donors (Lipinski definition) is 2. The van der Waals surface area contributed by atoms with Crippen LogP contribution in [0, 0.1) is 3.57 Å². The summed E-state index contributed by atoms with van der Waals surface area (Å²) in [6.45, 7) is 6.60. The lowest BCUT2D eigenvalue weighted by Crippen LogP contribution is -2.30. The van der Waals surface area contributed by atoms with E-state index < -0.39 is 0 Å². The summed E-state index contributed by atoms with van der Waals surface area (Å²) in [4.78, 5) is 0. The molecule has 0 spiro atoms. The van der Waals surface area contributed by atoms with Gasteiger partial charge in [0.25, 0.3) is 0 Å². The van der Waals surface area contributed by atoms with E-state index in [2.05, 4.69) is 60.8 Å². The fourth-order valence-corrected chi connectivity index (χ4v) is 2.21. The second-order valence-corrected chi connectivity index (χ2v) is 5.74. The highest BCUT2D eigenvalue weighted by Crippen LogP contribution is 2.26. The summed E-state index contributed by atoms with van der Waals surface area (Å²) in [6.07, 6.45) is 2.31. The van der Waals surface area contributed by atoms with Gasteiger partial charge in [0, 0.05) is 9.11 Å². The Balaban J connectivity index is 2.80. The maximum atomic E-state index is 5.96. The summed E-state index contributed by atoms with van der Waals surface area (Å²) >= 11 is 2.27. The van der Waals surface area contributed by atoms with Crippen molar-refractivity contribution in [2.75, 3.05) is 11.1 Å². The Morgan fingerprint density at radius 1 is 1.40 bits per heavy atom. The smallest absolute Gasteiger partial charge is 0.0578 e. The van der Waals surface area contributed by atoms with Crippen molar-refractivity contribution in [2.45, 2.75) is 39.2 Å².